The quantitative estimate of drug-likeness (QED) is 0.809. The number of carbonyl (C=O) groups excluding carboxylic acids is 1. The Balaban J connectivity index is 1.73. The molecule has 3 heteroatoms. The maximum absolute atomic E-state index is 12.2. The van der Waals surface area contributed by atoms with Gasteiger partial charge in [0.15, 0.2) is 0 Å². The van der Waals surface area contributed by atoms with Crippen LogP contribution in [-0.2, 0) is 4.79 Å². The molecule has 17 heavy (non-hydrogen) atoms. The number of nitrogens with one attached hydrogen (secondary N) is 1. The van der Waals surface area contributed by atoms with Crippen LogP contribution in [0.4, 0.5) is 0 Å². The van der Waals surface area contributed by atoms with Crippen molar-refractivity contribution in [3.8, 4) is 0 Å². The number of hydrogen-bond acceptors (Lipinski definition) is 2. The molecule has 96 valence electrons. The first kappa shape index (κ1) is 11.5. The zero-order valence-corrected chi connectivity index (χ0v) is 11.2. The van der Waals surface area contributed by atoms with Gasteiger partial charge in [-0.3, -0.25) is 10.1 Å². The number of hydrogen-bond donors (Lipinski definition) is 1. The lowest BCUT2D eigenvalue weighted by molar-refractivity contribution is -0.131. The van der Waals surface area contributed by atoms with Gasteiger partial charge in [0.05, 0.1) is 12.2 Å². The van der Waals surface area contributed by atoms with Gasteiger partial charge in [0.1, 0.15) is 0 Å². The highest BCUT2D eigenvalue weighted by Crippen LogP contribution is 2.61. The molecule has 0 aromatic rings. The molecule has 0 radical (unpaired) electrons. The molecule has 2 atom stereocenters. The summed E-state index contributed by atoms with van der Waals surface area (Å²) in [6.07, 6.45) is 5.75. The summed E-state index contributed by atoms with van der Waals surface area (Å²) in [5.74, 6) is 1.74. The van der Waals surface area contributed by atoms with E-state index < -0.39 is 0 Å². The molecule has 0 bridgehead atoms. The van der Waals surface area contributed by atoms with Crippen LogP contribution in [0, 0.1) is 17.3 Å². The first-order valence-electron chi connectivity index (χ1n) is 7.10. The Labute approximate surface area is 104 Å². The van der Waals surface area contributed by atoms with Gasteiger partial charge in [0.2, 0.25) is 5.91 Å². The fraction of sp³-hybridized carbons (Fsp3) is 0.929. The maximum Gasteiger partial charge on any atom is 0.240 e. The molecular formula is C14H24N2O. The minimum Gasteiger partial charge on any atom is -0.325 e. The third kappa shape index (κ3) is 1.88. The largest absolute Gasteiger partial charge is 0.325 e. The van der Waals surface area contributed by atoms with E-state index in [1.165, 1.54) is 25.7 Å². The van der Waals surface area contributed by atoms with E-state index in [4.69, 9.17) is 0 Å². The average Bonchev–Trinajstić information content (AvgIpc) is 3.12. The molecule has 2 saturated carbocycles. The van der Waals surface area contributed by atoms with E-state index in [1.807, 2.05) is 6.92 Å². The van der Waals surface area contributed by atoms with E-state index in [2.05, 4.69) is 24.1 Å². The van der Waals surface area contributed by atoms with Crippen LogP contribution in [0.5, 0.6) is 0 Å². The molecule has 2 aliphatic carbocycles. The number of rotatable bonds is 4. The predicted molar refractivity (Wildman–Crippen MR) is 67.3 cm³/mol. The summed E-state index contributed by atoms with van der Waals surface area (Å²) < 4.78 is 0. The minimum atomic E-state index is 0.0115. The lowest BCUT2D eigenvalue weighted by Gasteiger charge is -2.31. The van der Waals surface area contributed by atoms with E-state index in [0.717, 1.165) is 12.5 Å². The maximum atomic E-state index is 12.2. The first-order chi connectivity index (χ1) is 8.03. The minimum absolute atomic E-state index is 0.0115. The third-order valence-electron chi connectivity index (χ3n) is 4.86. The van der Waals surface area contributed by atoms with Crippen molar-refractivity contribution in [3.05, 3.63) is 0 Å². The highest BCUT2D eigenvalue weighted by molar-refractivity contribution is 5.84. The molecule has 1 aliphatic heterocycles. The molecule has 1 saturated heterocycles. The fourth-order valence-corrected chi connectivity index (χ4v) is 3.42. The lowest BCUT2D eigenvalue weighted by Crippen LogP contribution is -2.44. The predicted octanol–water partition coefficient (Wildman–Crippen LogP) is 1.98. The molecule has 0 spiro atoms. The molecule has 3 rings (SSSR count). The van der Waals surface area contributed by atoms with Crippen LogP contribution in [0.1, 0.15) is 46.5 Å². The van der Waals surface area contributed by atoms with Crippen LogP contribution >= 0.6 is 0 Å². The zero-order valence-electron chi connectivity index (χ0n) is 11.2. The second-order valence-corrected chi connectivity index (χ2v) is 6.68. The Morgan fingerprint density at radius 2 is 2.06 bits per heavy atom. The topological polar surface area (TPSA) is 32.3 Å². The van der Waals surface area contributed by atoms with Crippen LogP contribution in [0.3, 0.4) is 0 Å². The Morgan fingerprint density at radius 3 is 2.53 bits per heavy atom. The van der Waals surface area contributed by atoms with Crippen LogP contribution in [-0.4, -0.2) is 29.6 Å². The zero-order chi connectivity index (χ0) is 12.2. The standard InChI is InChI=1S/C14H24N2O/c1-9(2)12-15-10(3)13(17)16(12)8-14(6-7-14)11-4-5-11/h9-12,15H,4-8H2,1-3H3. The SMILES string of the molecule is CC1NC(C(C)C)N(CC2(C3CC3)CC2)C1=O. The Hall–Kier alpha value is -0.570. The number of nitrogens with zero attached hydrogens (tertiary/aromatic N) is 1. The molecule has 0 aromatic heterocycles. The summed E-state index contributed by atoms with van der Waals surface area (Å²) >= 11 is 0. The summed E-state index contributed by atoms with van der Waals surface area (Å²) in [5, 5.41) is 3.44. The average molecular weight is 236 g/mol. The van der Waals surface area contributed by atoms with Gasteiger partial charge in [-0.2, -0.15) is 0 Å². The molecular weight excluding hydrogens is 212 g/mol. The van der Waals surface area contributed by atoms with E-state index in [9.17, 15) is 4.79 Å². The lowest BCUT2D eigenvalue weighted by atomic mass is 9.99. The van der Waals surface area contributed by atoms with Crippen LogP contribution in [0.15, 0.2) is 0 Å². The summed E-state index contributed by atoms with van der Waals surface area (Å²) in [5.41, 5.74) is 0.522. The van der Waals surface area contributed by atoms with Gasteiger partial charge < -0.3 is 4.90 Å². The highest BCUT2D eigenvalue weighted by Gasteiger charge is 2.56. The molecule has 2 unspecified atom stereocenters. The second-order valence-electron chi connectivity index (χ2n) is 6.68. The monoisotopic (exact) mass is 236 g/mol. The Kier molecular flexibility index (Phi) is 2.51. The number of carbonyl (C=O) groups is 1. The van der Waals surface area contributed by atoms with Crippen molar-refractivity contribution in [1.82, 2.24) is 10.2 Å². The molecule has 3 aliphatic rings. The van der Waals surface area contributed by atoms with Crippen molar-refractivity contribution in [3.63, 3.8) is 0 Å². The first-order valence-corrected chi connectivity index (χ1v) is 7.10. The van der Waals surface area contributed by atoms with Gasteiger partial charge >= 0.3 is 0 Å². The van der Waals surface area contributed by atoms with E-state index >= 15 is 0 Å². The van der Waals surface area contributed by atoms with Crippen molar-refractivity contribution in [1.29, 1.82) is 0 Å². The molecule has 0 aromatic carbocycles. The smallest absolute Gasteiger partial charge is 0.240 e. The molecule has 1 amide bonds. The van der Waals surface area contributed by atoms with Gasteiger partial charge in [0, 0.05) is 6.54 Å². The fourth-order valence-electron chi connectivity index (χ4n) is 3.42. The Bertz CT molecular complexity index is 331. The van der Waals surface area contributed by atoms with E-state index in [1.54, 1.807) is 0 Å². The van der Waals surface area contributed by atoms with Crippen molar-refractivity contribution in [2.75, 3.05) is 6.54 Å². The van der Waals surface area contributed by atoms with Crippen LogP contribution in [0.2, 0.25) is 0 Å². The molecule has 3 fully saturated rings. The van der Waals surface area contributed by atoms with E-state index in [0.29, 0.717) is 17.2 Å². The van der Waals surface area contributed by atoms with Crippen molar-refractivity contribution in [2.24, 2.45) is 17.3 Å². The second kappa shape index (κ2) is 3.71. The summed E-state index contributed by atoms with van der Waals surface area (Å²) in [6, 6.07) is 0.0115. The van der Waals surface area contributed by atoms with Gasteiger partial charge in [-0.15, -0.1) is 0 Å². The summed E-state index contributed by atoms with van der Waals surface area (Å²) in [7, 11) is 0. The summed E-state index contributed by atoms with van der Waals surface area (Å²) in [4.78, 5) is 14.4. The van der Waals surface area contributed by atoms with Crippen molar-refractivity contribution >= 4 is 5.91 Å². The molecule has 1 heterocycles. The van der Waals surface area contributed by atoms with Gasteiger partial charge in [-0.25, -0.2) is 0 Å². The van der Waals surface area contributed by atoms with Crippen molar-refractivity contribution in [2.45, 2.75) is 58.7 Å². The number of amides is 1. The molecule has 3 nitrogen and oxygen atoms in total. The van der Waals surface area contributed by atoms with E-state index in [-0.39, 0.29) is 12.2 Å². The van der Waals surface area contributed by atoms with Crippen LogP contribution < -0.4 is 5.32 Å². The van der Waals surface area contributed by atoms with Gasteiger partial charge in [0.25, 0.3) is 0 Å². The Morgan fingerprint density at radius 1 is 1.41 bits per heavy atom. The van der Waals surface area contributed by atoms with Gasteiger partial charge in [-0.1, -0.05) is 13.8 Å². The third-order valence-corrected chi connectivity index (χ3v) is 4.86. The normalized spacial score (nSPS) is 35.8. The van der Waals surface area contributed by atoms with Crippen molar-refractivity contribution < 1.29 is 4.79 Å². The van der Waals surface area contributed by atoms with Gasteiger partial charge in [-0.05, 0) is 49.9 Å². The highest BCUT2D eigenvalue weighted by atomic mass is 16.2. The van der Waals surface area contributed by atoms with Crippen LogP contribution in [0.25, 0.3) is 0 Å². The molecule has 1 N–H and O–H groups in total. The summed E-state index contributed by atoms with van der Waals surface area (Å²) in [6.45, 7) is 7.41.